The summed E-state index contributed by atoms with van der Waals surface area (Å²) >= 11 is 0. The Balaban J connectivity index is 1.87. The van der Waals surface area contributed by atoms with Crippen molar-refractivity contribution in [2.75, 3.05) is 5.43 Å². The molecule has 0 amide bonds. The van der Waals surface area contributed by atoms with Crippen LogP contribution in [0, 0.1) is 12.3 Å². The third kappa shape index (κ3) is 4.14. The highest BCUT2D eigenvalue weighted by molar-refractivity contribution is 5.33. The molecule has 1 heterocycles. The van der Waals surface area contributed by atoms with Gasteiger partial charge in [0, 0.05) is 11.8 Å². The summed E-state index contributed by atoms with van der Waals surface area (Å²) in [6, 6.07) is 1.81. The molecule has 1 aliphatic rings. The number of nitrogens with two attached hydrogens (primary N) is 1. The lowest BCUT2D eigenvalue weighted by molar-refractivity contribution is -0.00829. The molecule has 0 unspecified atom stereocenters. The first-order chi connectivity index (χ1) is 8.98. The predicted octanol–water partition coefficient (Wildman–Crippen LogP) is 2.56. The van der Waals surface area contributed by atoms with Gasteiger partial charge in [0.1, 0.15) is 12.4 Å². The molecule has 0 aliphatic heterocycles. The molecule has 0 spiro atoms. The summed E-state index contributed by atoms with van der Waals surface area (Å²) in [5, 5.41) is 0. The Morgan fingerprint density at radius 2 is 2.05 bits per heavy atom. The summed E-state index contributed by atoms with van der Waals surface area (Å²) in [5.74, 6) is 6.70. The lowest BCUT2D eigenvalue weighted by Gasteiger charge is -2.34. The molecule has 2 rings (SSSR count). The van der Waals surface area contributed by atoms with Crippen LogP contribution in [0.25, 0.3) is 0 Å². The van der Waals surface area contributed by atoms with Gasteiger partial charge in [-0.25, -0.2) is 15.8 Å². The smallest absolute Gasteiger partial charge is 0.156 e. The van der Waals surface area contributed by atoms with E-state index < -0.39 is 0 Å². The molecular formula is C14H24N4O. The van der Waals surface area contributed by atoms with Gasteiger partial charge in [0.25, 0.3) is 0 Å². The van der Waals surface area contributed by atoms with Crippen LogP contribution in [0.15, 0.2) is 6.07 Å². The maximum Gasteiger partial charge on any atom is 0.156 e. The fourth-order valence-electron chi connectivity index (χ4n) is 2.50. The molecule has 3 N–H and O–H groups in total. The van der Waals surface area contributed by atoms with E-state index in [9.17, 15) is 0 Å². The van der Waals surface area contributed by atoms with Crippen LogP contribution in [0.5, 0.6) is 0 Å². The average molecular weight is 264 g/mol. The number of nitrogens with one attached hydrogen (secondary N) is 1. The molecule has 0 bridgehead atoms. The van der Waals surface area contributed by atoms with Gasteiger partial charge in [0.05, 0.1) is 6.10 Å². The summed E-state index contributed by atoms with van der Waals surface area (Å²) in [6.45, 7) is 7.04. The Morgan fingerprint density at radius 1 is 1.37 bits per heavy atom. The number of aromatic nitrogens is 2. The van der Waals surface area contributed by atoms with E-state index in [4.69, 9.17) is 10.6 Å². The predicted molar refractivity (Wildman–Crippen MR) is 75.4 cm³/mol. The fraction of sp³-hybridized carbons (Fsp3) is 0.714. The van der Waals surface area contributed by atoms with Gasteiger partial charge in [-0.3, -0.25) is 0 Å². The van der Waals surface area contributed by atoms with Crippen LogP contribution in [-0.2, 0) is 11.3 Å². The summed E-state index contributed by atoms with van der Waals surface area (Å²) < 4.78 is 5.92. The SMILES string of the molecule is Cc1cc(NN)nc(COC2CCC(C)(C)CC2)n1. The molecule has 19 heavy (non-hydrogen) atoms. The van der Waals surface area contributed by atoms with Crippen molar-refractivity contribution in [3.63, 3.8) is 0 Å². The molecule has 5 nitrogen and oxygen atoms in total. The second-order valence-corrected chi connectivity index (χ2v) is 6.13. The molecule has 1 aromatic heterocycles. The first-order valence-corrected chi connectivity index (χ1v) is 6.91. The van der Waals surface area contributed by atoms with Gasteiger partial charge < -0.3 is 10.2 Å². The van der Waals surface area contributed by atoms with Crippen molar-refractivity contribution in [2.45, 2.75) is 59.2 Å². The highest BCUT2D eigenvalue weighted by atomic mass is 16.5. The standard InChI is InChI=1S/C14H24N4O/c1-10-8-12(18-15)17-13(16-10)9-19-11-4-6-14(2,3)7-5-11/h8,11H,4-7,9,15H2,1-3H3,(H,16,17,18). The second kappa shape index (κ2) is 5.84. The van der Waals surface area contributed by atoms with Crippen molar-refractivity contribution in [1.29, 1.82) is 0 Å². The van der Waals surface area contributed by atoms with Crippen LogP contribution in [0.2, 0.25) is 0 Å². The topological polar surface area (TPSA) is 73.1 Å². The molecule has 0 saturated heterocycles. The summed E-state index contributed by atoms with van der Waals surface area (Å²) in [6.07, 6.45) is 5.04. The van der Waals surface area contributed by atoms with Crippen molar-refractivity contribution >= 4 is 5.82 Å². The Hall–Kier alpha value is -1.20. The maximum atomic E-state index is 5.92. The molecule has 1 fully saturated rings. The number of rotatable bonds is 4. The molecule has 106 valence electrons. The van der Waals surface area contributed by atoms with E-state index in [0.717, 1.165) is 18.5 Å². The van der Waals surface area contributed by atoms with Crippen molar-refractivity contribution in [1.82, 2.24) is 9.97 Å². The number of ether oxygens (including phenoxy) is 1. The van der Waals surface area contributed by atoms with E-state index in [1.807, 2.05) is 13.0 Å². The third-order valence-corrected chi connectivity index (χ3v) is 3.78. The van der Waals surface area contributed by atoms with Gasteiger partial charge >= 0.3 is 0 Å². The second-order valence-electron chi connectivity index (χ2n) is 6.13. The van der Waals surface area contributed by atoms with Crippen LogP contribution >= 0.6 is 0 Å². The largest absolute Gasteiger partial charge is 0.370 e. The summed E-state index contributed by atoms with van der Waals surface area (Å²) in [4.78, 5) is 8.66. The zero-order chi connectivity index (χ0) is 13.9. The Bertz CT molecular complexity index is 423. The van der Waals surface area contributed by atoms with Crippen LogP contribution in [0.4, 0.5) is 5.82 Å². The zero-order valence-electron chi connectivity index (χ0n) is 12.1. The Kier molecular flexibility index (Phi) is 4.37. The minimum atomic E-state index is 0.339. The Labute approximate surface area is 114 Å². The van der Waals surface area contributed by atoms with Crippen molar-refractivity contribution < 1.29 is 4.74 Å². The highest BCUT2D eigenvalue weighted by Crippen LogP contribution is 2.36. The number of anilines is 1. The van der Waals surface area contributed by atoms with Crippen molar-refractivity contribution in [3.05, 3.63) is 17.6 Å². The normalized spacial score (nSPS) is 19.4. The first-order valence-electron chi connectivity index (χ1n) is 6.91. The summed E-state index contributed by atoms with van der Waals surface area (Å²) in [5.41, 5.74) is 3.91. The number of nitrogens with zero attached hydrogens (tertiary/aromatic N) is 2. The zero-order valence-corrected chi connectivity index (χ0v) is 12.1. The van der Waals surface area contributed by atoms with Crippen LogP contribution in [0.1, 0.15) is 51.0 Å². The minimum absolute atomic E-state index is 0.339. The molecule has 5 heteroatoms. The number of aryl methyl sites for hydroxylation is 1. The number of hydrogen-bond acceptors (Lipinski definition) is 5. The number of hydrazine groups is 1. The van der Waals surface area contributed by atoms with Crippen LogP contribution in [0.3, 0.4) is 0 Å². The third-order valence-electron chi connectivity index (χ3n) is 3.78. The maximum absolute atomic E-state index is 5.92. The van der Waals surface area contributed by atoms with Crippen molar-refractivity contribution in [2.24, 2.45) is 11.3 Å². The Morgan fingerprint density at radius 3 is 2.68 bits per heavy atom. The molecule has 1 saturated carbocycles. The molecular weight excluding hydrogens is 240 g/mol. The molecule has 1 aliphatic carbocycles. The molecule has 0 aromatic carbocycles. The monoisotopic (exact) mass is 264 g/mol. The summed E-state index contributed by atoms with van der Waals surface area (Å²) in [7, 11) is 0. The van der Waals surface area contributed by atoms with Crippen LogP contribution in [-0.4, -0.2) is 16.1 Å². The van der Waals surface area contributed by atoms with E-state index in [1.54, 1.807) is 0 Å². The van der Waals surface area contributed by atoms with E-state index in [-0.39, 0.29) is 0 Å². The lowest BCUT2D eigenvalue weighted by atomic mass is 9.76. The average Bonchev–Trinajstić information content (AvgIpc) is 2.37. The molecule has 0 atom stereocenters. The highest BCUT2D eigenvalue weighted by Gasteiger charge is 2.27. The fourth-order valence-corrected chi connectivity index (χ4v) is 2.50. The number of nitrogen functional groups attached to an aromatic ring is 1. The van der Waals surface area contributed by atoms with E-state index in [1.165, 1.54) is 12.8 Å². The van der Waals surface area contributed by atoms with Crippen molar-refractivity contribution in [3.8, 4) is 0 Å². The lowest BCUT2D eigenvalue weighted by Crippen LogP contribution is -2.26. The van der Waals surface area contributed by atoms with E-state index >= 15 is 0 Å². The van der Waals surface area contributed by atoms with Crippen LogP contribution < -0.4 is 11.3 Å². The van der Waals surface area contributed by atoms with Gasteiger partial charge in [-0.15, -0.1) is 0 Å². The van der Waals surface area contributed by atoms with Gasteiger partial charge in [0.15, 0.2) is 5.82 Å². The number of hydrogen-bond donors (Lipinski definition) is 2. The first kappa shape index (κ1) is 14.2. The van der Waals surface area contributed by atoms with Gasteiger partial charge in [-0.2, -0.15) is 0 Å². The minimum Gasteiger partial charge on any atom is -0.370 e. The molecule has 0 radical (unpaired) electrons. The van der Waals surface area contributed by atoms with E-state index in [0.29, 0.717) is 29.8 Å². The quantitative estimate of drug-likeness (QED) is 0.646. The van der Waals surface area contributed by atoms with E-state index in [2.05, 4.69) is 29.2 Å². The molecule has 1 aromatic rings. The van der Waals surface area contributed by atoms with Gasteiger partial charge in [-0.05, 0) is 38.0 Å². The van der Waals surface area contributed by atoms with Gasteiger partial charge in [-0.1, -0.05) is 13.8 Å². The van der Waals surface area contributed by atoms with Gasteiger partial charge in [0.2, 0.25) is 0 Å².